The Labute approximate surface area is 115 Å². The number of benzene rings is 1. The molecule has 0 atom stereocenters. The van der Waals surface area contributed by atoms with Gasteiger partial charge in [0.1, 0.15) is 0 Å². The molecule has 3 nitrogen and oxygen atoms in total. The van der Waals surface area contributed by atoms with Gasteiger partial charge in [0.25, 0.3) is 0 Å². The predicted molar refractivity (Wildman–Crippen MR) is 71.8 cm³/mol. The van der Waals surface area contributed by atoms with E-state index in [-0.39, 0.29) is 4.90 Å². The zero-order valence-electron chi connectivity index (χ0n) is 9.12. The lowest BCUT2D eigenvalue weighted by molar-refractivity contribution is 0.252. The number of alkyl halides is 1. The third kappa shape index (κ3) is 2.67. The van der Waals surface area contributed by atoms with E-state index >= 15 is 0 Å². The van der Waals surface area contributed by atoms with Gasteiger partial charge in [-0.15, -0.1) is 11.6 Å². The molecule has 17 heavy (non-hydrogen) atoms. The van der Waals surface area contributed by atoms with Crippen LogP contribution >= 0.6 is 27.5 Å². The average molecular weight is 339 g/mol. The van der Waals surface area contributed by atoms with Crippen LogP contribution in [0.5, 0.6) is 0 Å². The van der Waals surface area contributed by atoms with Gasteiger partial charge in [-0.25, -0.2) is 13.1 Å². The van der Waals surface area contributed by atoms with Crippen LogP contribution in [0.15, 0.2) is 33.6 Å². The van der Waals surface area contributed by atoms with Crippen LogP contribution in [0.1, 0.15) is 19.3 Å². The first-order valence-electron chi connectivity index (χ1n) is 5.34. The Hall–Kier alpha value is -0.100. The Balaban J connectivity index is 2.29. The van der Waals surface area contributed by atoms with Crippen molar-refractivity contribution in [3.63, 3.8) is 0 Å². The summed E-state index contributed by atoms with van der Waals surface area (Å²) in [5.74, 6) is 0.316. The molecule has 0 aromatic heterocycles. The van der Waals surface area contributed by atoms with Gasteiger partial charge in [-0.3, -0.25) is 0 Å². The maximum atomic E-state index is 12.2. The van der Waals surface area contributed by atoms with Crippen LogP contribution < -0.4 is 4.72 Å². The molecule has 1 fully saturated rings. The summed E-state index contributed by atoms with van der Waals surface area (Å²) in [7, 11) is -3.50. The summed E-state index contributed by atoms with van der Waals surface area (Å²) in [6, 6.07) is 6.77. The van der Waals surface area contributed by atoms with Crippen molar-refractivity contribution >= 4 is 37.6 Å². The standard InChI is InChI=1S/C11H13BrClNO2S/c12-9-4-1-2-5-10(9)17(15,16)14-11(8-13)6-3-7-11/h1-2,4-5,14H,3,6-8H2. The van der Waals surface area contributed by atoms with Gasteiger partial charge in [0.2, 0.25) is 10.0 Å². The van der Waals surface area contributed by atoms with Crippen molar-refractivity contribution in [2.75, 3.05) is 5.88 Å². The van der Waals surface area contributed by atoms with Crippen molar-refractivity contribution in [2.45, 2.75) is 29.7 Å². The number of hydrogen-bond acceptors (Lipinski definition) is 2. The van der Waals surface area contributed by atoms with Gasteiger partial charge in [0.05, 0.1) is 4.90 Å². The average Bonchev–Trinajstić information content (AvgIpc) is 2.24. The molecule has 2 rings (SSSR count). The molecule has 0 aliphatic heterocycles. The number of rotatable bonds is 4. The zero-order chi connectivity index (χ0) is 12.5. The third-order valence-electron chi connectivity index (χ3n) is 3.04. The van der Waals surface area contributed by atoms with Crippen molar-refractivity contribution in [3.05, 3.63) is 28.7 Å². The van der Waals surface area contributed by atoms with Crippen LogP contribution in [0.2, 0.25) is 0 Å². The fraction of sp³-hybridized carbons (Fsp3) is 0.455. The molecule has 0 amide bonds. The van der Waals surface area contributed by atoms with E-state index in [2.05, 4.69) is 20.7 Å². The van der Waals surface area contributed by atoms with Crippen LogP contribution in [-0.2, 0) is 10.0 Å². The topological polar surface area (TPSA) is 46.2 Å². The highest BCUT2D eigenvalue weighted by Crippen LogP contribution is 2.35. The molecule has 0 saturated heterocycles. The van der Waals surface area contributed by atoms with Crippen LogP contribution in [0.4, 0.5) is 0 Å². The molecule has 0 bridgehead atoms. The van der Waals surface area contributed by atoms with E-state index in [1.807, 2.05) is 0 Å². The summed E-state index contributed by atoms with van der Waals surface area (Å²) in [6.07, 6.45) is 2.63. The summed E-state index contributed by atoms with van der Waals surface area (Å²) in [5.41, 5.74) is -0.449. The van der Waals surface area contributed by atoms with Crippen LogP contribution in [0, 0.1) is 0 Å². The van der Waals surface area contributed by atoms with E-state index in [0.717, 1.165) is 19.3 Å². The van der Waals surface area contributed by atoms with Crippen molar-refractivity contribution in [1.82, 2.24) is 4.72 Å². The maximum absolute atomic E-state index is 12.2. The number of halogens is 2. The largest absolute Gasteiger partial charge is 0.242 e. The summed E-state index contributed by atoms with van der Waals surface area (Å²) < 4.78 is 27.7. The fourth-order valence-electron chi connectivity index (χ4n) is 1.87. The van der Waals surface area contributed by atoms with E-state index in [0.29, 0.717) is 10.4 Å². The first-order chi connectivity index (χ1) is 7.99. The molecule has 1 aromatic carbocycles. The minimum Gasteiger partial charge on any atom is -0.207 e. The van der Waals surface area contributed by atoms with Gasteiger partial charge >= 0.3 is 0 Å². The van der Waals surface area contributed by atoms with Crippen LogP contribution in [0.25, 0.3) is 0 Å². The van der Waals surface area contributed by atoms with E-state index in [1.54, 1.807) is 24.3 Å². The van der Waals surface area contributed by atoms with Crippen molar-refractivity contribution in [1.29, 1.82) is 0 Å². The highest BCUT2D eigenvalue weighted by atomic mass is 79.9. The van der Waals surface area contributed by atoms with Crippen molar-refractivity contribution in [2.24, 2.45) is 0 Å². The molecule has 1 aliphatic rings. The van der Waals surface area contributed by atoms with Crippen LogP contribution in [0.3, 0.4) is 0 Å². The Kier molecular flexibility index (Phi) is 3.83. The zero-order valence-corrected chi connectivity index (χ0v) is 12.3. The second-order valence-electron chi connectivity index (χ2n) is 4.30. The highest BCUT2D eigenvalue weighted by Gasteiger charge is 2.40. The lowest BCUT2D eigenvalue weighted by Gasteiger charge is -2.40. The van der Waals surface area contributed by atoms with Gasteiger partial charge in [-0.05, 0) is 47.3 Å². The third-order valence-corrected chi connectivity index (χ3v) is 6.15. The predicted octanol–water partition coefficient (Wildman–Crippen LogP) is 2.89. The minimum atomic E-state index is -3.50. The van der Waals surface area contributed by atoms with Crippen molar-refractivity contribution in [3.8, 4) is 0 Å². The Morgan fingerprint density at radius 3 is 2.47 bits per heavy atom. The molecule has 94 valence electrons. The quantitative estimate of drug-likeness (QED) is 0.858. The molecule has 1 aliphatic carbocycles. The molecule has 1 N–H and O–H groups in total. The maximum Gasteiger partial charge on any atom is 0.242 e. The van der Waals surface area contributed by atoms with Crippen molar-refractivity contribution < 1.29 is 8.42 Å². The molecule has 1 saturated carbocycles. The molecule has 6 heteroatoms. The van der Waals surface area contributed by atoms with E-state index < -0.39 is 15.6 Å². The monoisotopic (exact) mass is 337 g/mol. The molecule has 1 aromatic rings. The van der Waals surface area contributed by atoms with E-state index in [9.17, 15) is 8.42 Å². The number of nitrogens with one attached hydrogen (secondary N) is 1. The highest BCUT2D eigenvalue weighted by molar-refractivity contribution is 9.10. The SMILES string of the molecule is O=S(=O)(NC1(CCl)CCC1)c1ccccc1Br. The molecular formula is C11H13BrClNO2S. The van der Waals surface area contributed by atoms with E-state index in [4.69, 9.17) is 11.6 Å². The van der Waals surface area contributed by atoms with E-state index in [1.165, 1.54) is 0 Å². The Morgan fingerprint density at radius 1 is 1.35 bits per heavy atom. The van der Waals surface area contributed by atoms with Gasteiger partial charge in [0.15, 0.2) is 0 Å². The fourth-order valence-corrected chi connectivity index (χ4v) is 4.75. The summed E-state index contributed by atoms with van der Waals surface area (Å²) in [5, 5.41) is 0. The van der Waals surface area contributed by atoms with Crippen LogP contribution in [-0.4, -0.2) is 19.8 Å². The first-order valence-corrected chi connectivity index (χ1v) is 8.15. The lowest BCUT2D eigenvalue weighted by Crippen LogP contribution is -2.54. The molecule has 0 radical (unpaired) electrons. The molecule has 0 spiro atoms. The Bertz CT molecular complexity index is 508. The second kappa shape index (κ2) is 4.88. The summed E-state index contributed by atoms with van der Waals surface area (Å²) in [6.45, 7) is 0. The van der Waals surface area contributed by atoms with Gasteiger partial charge in [-0.1, -0.05) is 12.1 Å². The molecule has 0 unspecified atom stereocenters. The second-order valence-corrected chi connectivity index (χ2v) is 7.08. The summed E-state index contributed by atoms with van der Waals surface area (Å²) in [4.78, 5) is 0.261. The molecular weight excluding hydrogens is 326 g/mol. The number of hydrogen-bond donors (Lipinski definition) is 1. The first kappa shape index (κ1) is 13.3. The summed E-state index contributed by atoms with van der Waals surface area (Å²) >= 11 is 9.10. The molecule has 0 heterocycles. The Morgan fingerprint density at radius 2 is 2.00 bits per heavy atom. The van der Waals surface area contributed by atoms with Gasteiger partial charge < -0.3 is 0 Å². The van der Waals surface area contributed by atoms with Gasteiger partial charge in [-0.2, -0.15) is 0 Å². The van der Waals surface area contributed by atoms with Gasteiger partial charge in [0, 0.05) is 15.9 Å². The minimum absolute atomic E-state index is 0.261. The number of sulfonamides is 1. The lowest BCUT2D eigenvalue weighted by atomic mass is 9.79. The normalized spacial score (nSPS) is 18.7. The smallest absolute Gasteiger partial charge is 0.207 e.